The Balaban J connectivity index is 2.01. The van der Waals surface area contributed by atoms with Crippen LogP contribution in [0.25, 0.3) is 11.0 Å². The first-order valence-electron chi connectivity index (χ1n) is 5.98. The number of amidine groups is 1. The lowest BCUT2D eigenvalue weighted by atomic mass is 10.1. The van der Waals surface area contributed by atoms with Crippen molar-refractivity contribution in [1.82, 2.24) is 5.48 Å². The van der Waals surface area contributed by atoms with Crippen LogP contribution in [0.1, 0.15) is 5.56 Å². The molecule has 0 fully saturated rings. The summed E-state index contributed by atoms with van der Waals surface area (Å²) >= 11 is 5.83. The molecule has 0 spiro atoms. The Kier molecular flexibility index (Phi) is 3.41. The second-order valence-corrected chi connectivity index (χ2v) is 4.66. The Labute approximate surface area is 120 Å². The standard InChI is InChI=1S/C15H11ClN2O2/c16-12-2-4-13(5-3-12)17-15(18-19)11-1-6-14-10(9-11)7-8-20-14/h1-9,19H,(H,17,18). The van der Waals surface area contributed by atoms with Gasteiger partial charge < -0.3 is 4.42 Å². The van der Waals surface area contributed by atoms with E-state index < -0.39 is 0 Å². The number of rotatable bonds is 2. The number of furan rings is 1. The summed E-state index contributed by atoms with van der Waals surface area (Å²) in [6.07, 6.45) is 1.62. The minimum atomic E-state index is 0.357. The molecule has 0 saturated heterocycles. The zero-order valence-electron chi connectivity index (χ0n) is 10.4. The number of nitrogens with zero attached hydrogens (tertiary/aromatic N) is 1. The van der Waals surface area contributed by atoms with Crippen LogP contribution in [0.15, 0.2) is 64.2 Å². The molecule has 0 aliphatic rings. The smallest absolute Gasteiger partial charge is 0.157 e. The normalized spacial score (nSPS) is 11.8. The third-order valence-corrected chi connectivity index (χ3v) is 3.15. The van der Waals surface area contributed by atoms with Crippen molar-refractivity contribution in [2.75, 3.05) is 0 Å². The van der Waals surface area contributed by atoms with Crippen molar-refractivity contribution in [3.63, 3.8) is 0 Å². The maximum atomic E-state index is 9.29. The number of nitrogens with one attached hydrogen (secondary N) is 1. The van der Waals surface area contributed by atoms with E-state index in [9.17, 15) is 5.21 Å². The molecule has 3 rings (SSSR count). The molecular formula is C15H11ClN2O2. The molecule has 2 aromatic carbocycles. The summed E-state index contributed by atoms with van der Waals surface area (Å²) in [6, 6.07) is 14.4. The van der Waals surface area contributed by atoms with Crippen molar-refractivity contribution < 1.29 is 9.62 Å². The van der Waals surface area contributed by atoms with Crippen molar-refractivity contribution in [1.29, 1.82) is 0 Å². The van der Waals surface area contributed by atoms with Gasteiger partial charge in [-0.3, -0.25) is 10.7 Å². The fraction of sp³-hybridized carbons (Fsp3) is 0. The van der Waals surface area contributed by atoms with E-state index in [1.807, 2.05) is 24.3 Å². The van der Waals surface area contributed by atoms with Crippen LogP contribution in [-0.4, -0.2) is 11.0 Å². The van der Waals surface area contributed by atoms with Crippen LogP contribution in [-0.2, 0) is 0 Å². The minimum Gasteiger partial charge on any atom is -0.464 e. The third-order valence-electron chi connectivity index (χ3n) is 2.90. The van der Waals surface area contributed by atoms with Crippen molar-refractivity contribution >= 4 is 34.1 Å². The zero-order valence-corrected chi connectivity index (χ0v) is 11.1. The van der Waals surface area contributed by atoms with Gasteiger partial charge in [0.25, 0.3) is 0 Å². The van der Waals surface area contributed by atoms with Gasteiger partial charge in [-0.1, -0.05) is 11.6 Å². The monoisotopic (exact) mass is 286 g/mol. The first-order chi connectivity index (χ1) is 9.76. The van der Waals surface area contributed by atoms with Crippen LogP contribution in [0, 0.1) is 0 Å². The zero-order chi connectivity index (χ0) is 13.9. The van der Waals surface area contributed by atoms with Crippen molar-refractivity contribution in [2.45, 2.75) is 0 Å². The summed E-state index contributed by atoms with van der Waals surface area (Å²) in [5.41, 5.74) is 4.37. The van der Waals surface area contributed by atoms with Crippen molar-refractivity contribution in [3.05, 3.63) is 65.4 Å². The summed E-state index contributed by atoms with van der Waals surface area (Å²) in [5.74, 6) is 0.357. The molecule has 1 heterocycles. The molecule has 20 heavy (non-hydrogen) atoms. The maximum Gasteiger partial charge on any atom is 0.157 e. The average Bonchev–Trinajstić information content (AvgIpc) is 2.94. The Morgan fingerprint density at radius 3 is 2.65 bits per heavy atom. The SMILES string of the molecule is ONC(=Nc1ccc(Cl)cc1)c1ccc2occc2c1. The molecule has 0 unspecified atom stereocenters. The lowest BCUT2D eigenvalue weighted by molar-refractivity contribution is 0.235. The Morgan fingerprint density at radius 2 is 1.90 bits per heavy atom. The molecule has 1 aromatic heterocycles. The summed E-state index contributed by atoms with van der Waals surface area (Å²) in [4.78, 5) is 4.35. The third kappa shape index (κ3) is 2.52. The minimum absolute atomic E-state index is 0.357. The summed E-state index contributed by atoms with van der Waals surface area (Å²) < 4.78 is 5.28. The highest BCUT2D eigenvalue weighted by atomic mass is 35.5. The van der Waals surface area contributed by atoms with Gasteiger partial charge in [-0.15, -0.1) is 0 Å². The van der Waals surface area contributed by atoms with E-state index in [-0.39, 0.29) is 0 Å². The lowest BCUT2D eigenvalue weighted by Gasteiger charge is -2.05. The lowest BCUT2D eigenvalue weighted by Crippen LogP contribution is -2.19. The molecule has 0 saturated carbocycles. The van der Waals surface area contributed by atoms with Gasteiger partial charge in [-0.05, 0) is 48.5 Å². The number of hydrogen-bond acceptors (Lipinski definition) is 3. The van der Waals surface area contributed by atoms with Crippen LogP contribution < -0.4 is 5.48 Å². The van der Waals surface area contributed by atoms with E-state index in [0.29, 0.717) is 16.5 Å². The fourth-order valence-corrected chi connectivity index (χ4v) is 2.04. The molecule has 0 atom stereocenters. The van der Waals surface area contributed by atoms with Crippen LogP contribution in [0.4, 0.5) is 5.69 Å². The quantitative estimate of drug-likeness (QED) is 0.423. The van der Waals surface area contributed by atoms with E-state index in [4.69, 9.17) is 16.0 Å². The van der Waals surface area contributed by atoms with Gasteiger partial charge in [0, 0.05) is 16.0 Å². The summed E-state index contributed by atoms with van der Waals surface area (Å²) in [7, 11) is 0. The number of fused-ring (bicyclic) bond motifs is 1. The first kappa shape index (κ1) is 12.7. The molecular weight excluding hydrogens is 276 g/mol. The molecule has 0 aliphatic heterocycles. The summed E-state index contributed by atoms with van der Waals surface area (Å²) in [5, 5.41) is 10.9. The van der Waals surface area contributed by atoms with Gasteiger partial charge in [0.1, 0.15) is 5.58 Å². The topological polar surface area (TPSA) is 57.8 Å². The highest BCUT2D eigenvalue weighted by molar-refractivity contribution is 6.30. The molecule has 0 aliphatic carbocycles. The van der Waals surface area contributed by atoms with E-state index in [1.54, 1.807) is 30.5 Å². The van der Waals surface area contributed by atoms with Gasteiger partial charge in [0.15, 0.2) is 5.84 Å². The van der Waals surface area contributed by atoms with Crippen LogP contribution in [0.2, 0.25) is 5.02 Å². The molecule has 0 amide bonds. The van der Waals surface area contributed by atoms with E-state index in [0.717, 1.165) is 16.5 Å². The van der Waals surface area contributed by atoms with Gasteiger partial charge >= 0.3 is 0 Å². The van der Waals surface area contributed by atoms with Crippen molar-refractivity contribution in [3.8, 4) is 0 Å². The Morgan fingerprint density at radius 1 is 1.10 bits per heavy atom. The highest BCUT2D eigenvalue weighted by Gasteiger charge is 2.05. The molecule has 5 heteroatoms. The van der Waals surface area contributed by atoms with E-state index in [1.165, 1.54) is 0 Å². The number of halogens is 1. The molecule has 100 valence electrons. The molecule has 2 N–H and O–H groups in total. The van der Waals surface area contributed by atoms with Gasteiger partial charge in [-0.2, -0.15) is 0 Å². The maximum absolute atomic E-state index is 9.29. The molecule has 0 radical (unpaired) electrons. The highest BCUT2D eigenvalue weighted by Crippen LogP contribution is 2.20. The summed E-state index contributed by atoms with van der Waals surface area (Å²) in [6.45, 7) is 0. The second-order valence-electron chi connectivity index (χ2n) is 4.22. The number of hydrogen-bond donors (Lipinski definition) is 2. The van der Waals surface area contributed by atoms with E-state index in [2.05, 4.69) is 10.5 Å². The average molecular weight is 287 g/mol. The van der Waals surface area contributed by atoms with Gasteiger partial charge in [0.05, 0.1) is 12.0 Å². The Bertz CT molecular complexity index is 763. The molecule has 0 bridgehead atoms. The Hall–Kier alpha value is -2.30. The fourth-order valence-electron chi connectivity index (χ4n) is 1.91. The van der Waals surface area contributed by atoms with Crippen LogP contribution >= 0.6 is 11.6 Å². The number of hydroxylamine groups is 1. The first-order valence-corrected chi connectivity index (χ1v) is 6.36. The van der Waals surface area contributed by atoms with Crippen LogP contribution in [0.5, 0.6) is 0 Å². The molecule has 4 nitrogen and oxygen atoms in total. The predicted molar refractivity (Wildman–Crippen MR) is 78.8 cm³/mol. The predicted octanol–water partition coefficient (Wildman–Crippen LogP) is 4.14. The second kappa shape index (κ2) is 5.36. The van der Waals surface area contributed by atoms with Crippen LogP contribution in [0.3, 0.4) is 0 Å². The molecule has 3 aromatic rings. The van der Waals surface area contributed by atoms with Gasteiger partial charge in [-0.25, -0.2) is 4.99 Å². The van der Waals surface area contributed by atoms with E-state index >= 15 is 0 Å². The largest absolute Gasteiger partial charge is 0.464 e. The van der Waals surface area contributed by atoms with Gasteiger partial charge in [0.2, 0.25) is 0 Å². The van der Waals surface area contributed by atoms with Crippen molar-refractivity contribution in [2.24, 2.45) is 4.99 Å². The number of benzene rings is 2. The number of aliphatic imine (C=N–C) groups is 1.